The second-order valence-electron chi connectivity index (χ2n) is 7.49. The fraction of sp³-hybridized carbons (Fsp3) is 0.417. The number of nitrogens with zero attached hydrogens (tertiary/aromatic N) is 1. The molecule has 5 heteroatoms. The Kier molecular flexibility index (Phi) is 8.71. The van der Waals surface area contributed by atoms with Crippen LogP contribution in [0.1, 0.15) is 50.3 Å². The van der Waals surface area contributed by atoms with Gasteiger partial charge in [-0.25, -0.2) is 0 Å². The summed E-state index contributed by atoms with van der Waals surface area (Å²) in [5.74, 6) is -0.158. The number of hydrogen-bond donors (Lipinski definition) is 1. The Morgan fingerprint density at radius 3 is 2.28 bits per heavy atom. The van der Waals surface area contributed by atoms with Gasteiger partial charge in [-0.2, -0.15) is 0 Å². The Hall–Kier alpha value is -2.33. The lowest BCUT2D eigenvalue weighted by Crippen LogP contribution is -2.51. The number of nitrogens with one attached hydrogen (secondary N) is 1. The van der Waals surface area contributed by atoms with Gasteiger partial charge in [-0.1, -0.05) is 61.8 Å². The first kappa shape index (κ1) is 23.0. The minimum atomic E-state index is -0.517. The van der Waals surface area contributed by atoms with E-state index in [2.05, 4.69) is 5.32 Å². The summed E-state index contributed by atoms with van der Waals surface area (Å²) in [6.07, 6.45) is 1.67. The number of carbonyl (C=O) groups excluding carboxylic acids is 2. The van der Waals surface area contributed by atoms with Gasteiger partial charge in [0.25, 0.3) is 0 Å². The minimum absolute atomic E-state index is 0.0552. The van der Waals surface area contributed by atoms with Gasteiger partial charge >= 0.3 is 0 Å². The maximum absolute atomic E-state index is 13.3. The van der Waals surface area contributed by atoms with Crippen LogP contribution in [0.3, 0.4) is 0 Å². The molecule has 2 aromatic rings. The quantitative estimate of drug-likeness (QED) is 0.633. The zero-order valence-electron chi connectivity index (χ0n) is 17.7. The van der Waals surface area contributed by atoms with Crippen LogP contribution in [0, 0.1) is 6.92 Å². The Bertz CT molecular complexity index is 820. The van der Waals surface area contributed by atoms with Crippen LogP contribution >= 0.6 is 11.6 Å². The Balaban J connectivity index is 2.29. The number of amides is 2. The molecule has 4 nitrogen and oxygen atoms in total. The molecule has 156 valence electrons. The van der Waals surface area contributed by atoms with Gasteiger partial charge in [-0.15, -0.1) is 0 Å². The number of aryl methyl sites for hydroxylation is 1. The molecule has 0 unspecified atom stereocenters. The molecule has 0 heterocycles. The summed E-state index contributed by atoms with van der Waals surface area (Å²) in [6.45, 7) is 8.31. The van der Waals surface area contributed by atoms with Crippen LogP contribution in [0.15, 0.2) is 48.5 Å². The standard InChI is InChI=1S/C24H31ClN2O2/c1-5-18(4)26-24(29)22(6-2)27(16-19-11-13-21(25)14-12-19)23(28)15-20-10-8-7-9-17(20)3/h7-14,18,22H,5-6,15-16H2,1-4H3,(H,26,29)/t18-,22+/m1/s1. The zero-order valence-corrected chi connectivity index (χ0v) is 18.5. The molecular formula is C24H31ClN2O2. The summed E-state index contributed by atoms with van der Waals surface area (Å²) in [7, 11) is 0. The lowest BCUT2D eigenvalue weighted by Gasteiger charge is -2.31. The van der Waals surface area contributed by atoms with Gasteiger partial charge in [-0.3, -0.25) is 9.59 Å². The average molecular weight is 415 g/mol. The van der Waals surface area contributed by atoms with Crippen LogP contribution < -0.4 is 5.32 Å². The number of carbonyl (C=O) groups is 2. The van der Waals surface area contributed by atoms with Crippen molar-refractivity contribution in [2.24, 2.45) is 0 Å². The molecule has 0 saturated heterocycles. The smallest absolute Gasteiger partial charge is 0.243 e. The number of halogens is 1. The van der Waals surface area contributed by atoms with E-state index in [9.17, 15) is 9.59 Å². The van der Waals surface area contributed by atoms with E-state index in [0.717, 1.165) is 23.1 Å². The van der Waals surface area contributed by atoms with Gasteiger partial charge in [0.15, 0.2) is 0 Å². The van der Waals surface area contributed by atoms with E-state index < -0.39 is 6.04 Å². The number of hydrogen-bond acceptors (Lipinski definition) is 2. The average Bonchev–Trinajstić information content (AvgIpc) is 2.70. The predicted molar refractivity (Wildman–Crippen MR) is 119 cm³/mol. The summed E-state index contributed by atoms with van der Waals surface area (Å²) in [5, 5.41) is 3.68. The van der Waals surface area contributed by atoms with Gasteiger partial charge < -0.3 is 10.2 Å². The van der Waals surface area contributed by atoms with Gasteiger partial charge in [0.1, 0.15) is 6.04 Å². The van der Waals surface area contributed by atoms with E-state index in [1.807, 2.05) is 64.1 Å². The maximum Gasteiger partial charge on any atom is 0.243 e. The molecule has 0 aromatic heterocycles. The largest absolute Gasteiger partial charge is 0.352 e. The lowest BCUT2D eigenvalue weighted by atomic mass is 10.0. The van der Waals surface area contributed by atoms with Crippen molar-refractivity contribution in [3.05, 3.63) is 70.2 Å². The van der Waals surface area contributed by atoms with E-state index in [1.54, 1.807) is 17.0 Å². The highest BCUT2D eigenvalue weighted by atomic mass is 35.5. The van der Waals surface area contributed by atoms with Crippen molar-refractivity contribution in [2.45, 2.75) is 65.6 Å². The summed E-state index contributed by atoms with van der Waals surface area (Å²) in [4.78, 5) is 27.9. The van der Waals surface area contributed by atoms with Crippen molar-refractivity contribution >= 4 is 23.4 Å². The first-order valence-electron chi connectivity index (χ1n) is 10.2. The SMILES string of the molecule is CC[C@@H](C)NC(=O)[C@H](CC)N(Cc1ccc(Cl)cc1)C(=O)Cc1ccccc1C. The first-order valence-corrected chi connectivity index (χ1v) is 10.6. The summed E-state index contributed by atoms with van der Waals surface area (Å²) < 4.78 is 0. The lowest BCUT2D eigenvalue weighted by molar-refractivity contribution is -0.141. The zero-order chi connectivity index (χ0) is 21.4. The third-order valence-corrected chi connectivity index (χ3v) is 5.51. The van der Waals surface area contributed by atoms with Crippen LogP contribution in [0.2, 0.25) is 5.02 Å². The molecule has 0 aliphatic rings. The third-order valence-electron chi connectivity index (χ3n) is 5.26. The van der Waals surface area contributed by atoms with E-state index in [-0.39, 0.29) is 24.3 Å². The highest BCUT2D eigenvalue weighted by Gasteiger charge is 2.29. The van der Waals surface area contributed by atoms with Crippen molar-refractivity contribution in [2.75, 3.05) is 0 Å². The molecule has 0 bridgehead atoms. The van der Waals surface area contributed by atoms with Gasteiger partial charge in [0.2, 0.25) is 11.8 Å². The number of benzene rings is 2. The topological polar surface area (TPSA) is 49.4 Å². The Morgan fingerprint density at radius 1 is 1.03 bits per heavy atom. The molecule has 1 N–H and O–H groups in total. The third kappa shape index (κ3) is 6.60. The molecule has 2 atom stereocenters. The monoisotopic (exact) mass is 414 g/mol. The van der Waals surface area contributed by atoms with Crippen molar-refractivity contribution in [3.8, 4) is 0 Å². The fourth-order valence-electron chi connectivity index (χ4n) is 3.22. The van der Waals surface area contributed by atoms with Crippen molar-refractivity contribution in [1.82, 2.24) is 10.2 Å². The van der Waals surface area contributed by atoms with Gasteiger partial charge in [0.05, 0.1) is 6.42 Å². The van der Waals surface area contributed by atoms with E-state index in [4.69, 9.17) is 11.6 Å². The second kappa shape index (κ2) is 11.0. The normalized spacial score (nSPS) is 12.9. The molecule has 2 aromatic carbocycles. The summed E-state index contributed by atoms with van der Waals surface area (Å²) in [6, 6.07) is 14.8. The molecule has 0 radical (unpaired) electrons. The molecule has 2 amide bonds. The van der Waals surface area contributed by atoms with Gasteiger partial charge in [-0.05, 0) is 55.5 Å². The molecular weight excluding hydrogens is 384 g/mol. The van der Waals surface area contributed by atoms with Crippen molar-refractivity contribution in [1.29, 1.82) is 0 Å². The van der Waals surface area contributed by atoms with Crippen LogP contribution in [-0.4, -0.2) is 28.8 Å². The molecule has 0 aliphatic heterocycles. The van der Waals surface area contributed by atoms with Gasteiger partial charge in [0, 0.05) is 17.6 Å². The van der Waals surface area contributed by atoms with Crippen LogP contribution in [-0.2, 0) is 22.6 Å². The second-order valence-corrected chi connectivity index (χ2v) is 7.93. The fourth-order valence-corrected chi connectivity index (χ4v) is 3.35. The maximum atomic E-state index is 13.3. The predicted octanol–water partition coefficient (Wildman–Crippen LogP) is 4.91. The first-order chi connectivity index (χ1) is 13.8. The molecule has 2 rings (SSSR count). The van der Waals surface area contributed by atoms with E-state index in [0.29, 0.717) is 18.0 Å². The molecule has 0 spiro atoms. The minimum Gasteiger partial charge on any atom is -0.352 e. The Morgan fingerprint density at radius 2 is 1.69 bits per heavy atom. The highest BCUT2D eigenvalue weighted by Crippen LogP contribution is 2.18. The van der Waals surface area contributed by atoms with Crippen LogP contribution in [0.25, 0.3) is 0 Å². The Labute approximate surface area is 179 Å². The van der Waals surface area contributed by atoms with Crippen LogP contribution in [0.4, 0.5) is 0 Å². The number of rotatable bonds is 9. The van der Waals surface area contributed by atoms with Crippen LogP contribution in [0.5, 0.6) is 0 Å². The summed E-state index contributed by atoms with van der Waals surface area (Å²) in [5.41, 5.74) is 3.00. The molecule has 29 heavy (non-hydrogen) atoms. The molecule has 0 saturated carbocycles. The molecule has 0 fully saturated rings. The van der Waals surface area contributed by atoms with Crippen molar-refractivity contribution < 1.29 is 9.59 Å². The summed E-state index contributed by atoms with van der Waals surface area (Å²) >= 11 is 6.00. The molecule has 0 aliphatic carbocycles. The highest BCUT2D eigenvalue weighted by molar-refractivity contribution is 6.30. The van der Waals surface area contributed by atoms with E-state index in [1.165, 1.54) is 0 Å². The van der Waals surface area contributed by atoms with E-state index >= 15 is 0 Å². The van der Waals surface area contributed by atoms with Crippen molar-refractivity contribution in [3.63, 3.8) is 0 Å².